The van der Waals surface area contributed by atoms with E-state index in [-0.39, 0.29) is 11.7 Å². The quantitative estimate of drug-likeness (QED) is 0.416. The first-order valence-electron chi connectivity index (χ1n) is 10.9. The van der Waals surface area contributed by atoms with Crippen molar-refractivity contribution in [1.29, 1.82) is 0 Å². The molecule has 2 heterocycles. The van der Waals surface area contributed by atoms with Crippen LogP contribution in [0.2, 0.25) is 0 Å². The number of methoxy groups -OCH3 is 1. The Hall–Kier alpha value is -3.13. The summed E-state index contributed by atoms with van der Waals surface area (Å²) in [6.07, 6.45) is 5.97. The van der Waals surface area contributed by atoms with Crippen LogP contribution in [0.4, 0.5) is 5.69 Å². The number of thioether (sulfide) groups is 1. The van der Waals surface area contributed by atoms with Gasteiger partial charge in [0.25, 0.3) is 0 Å². The number of amides is 1. The van der Waals surface area contributed by atoms with E-state index in [1.807, 2.05) is 48.5 Å². The second kappa shape index (κ2) is 9.16. The second-order valence-electron chi connectivity index (χ2n) is 8.03. The van der Waals surface area contributed by atoms with E-state index in [4.69, 9.17) is 9.72 Å². The largest absolute Gasteiger partial charge is 0.497 e. The molecule has 1 N–H and O–H groups in total. The van der Waals surface area contributed by atoms with Crippen LogP contribution >= 0.6 is 11.8 Å². The Labute approximate surface area is 190 Å². The van der Waals surface area contributed by atoms with Crippen LogP contribution < -0.4 is 10.1 Å². The van der Waals surface area contributed by atoms with Gasteiger partial charge in [-0.05, 0) is 49.2 Å². The molecule has 0 bridgehead atoms. The standard InChI is InChI=1S/C24H25N5O2S/c1-31-18-13-11-17(12-14-18)25-21(30)15-32-24-28-27-23-19-9-5-6-10-20(19)26-22(29(23)24)16-7-3-2-4-8-16/h5-6,9-14,16H,2-4,7-8,15H2,1H3,(H,25,30). The van der Waals surface area contributed by atoms with E-state index >= 15 is 0 Å². The number of carbonyl (C=O) groups excluding carboxylic acids is 1. The van der Waals surface area contributed by atoms with Crippen LogP contribution in [0.15, 0.2) is 53.7 Å². The molecule has 4 aromatic rings. The van der Waals surface area contributed by atoms with Gasteiger partial charge in [0.2, 0.25) is 5.91 Å². The van der Waals surface area contributed by atoms with Gasteiger partial charge in [-0.1, -0.05) is 43.2 Å². The Bertz CT molecular complexity index is 1250. The van der Waals surface area contributed by atoms with Crippen molar-refractivity contribution in [2.45, 2.75) is 43.2 Å². The first-order chi connectivity index (χ1) is 15.7. The number of aromatic nitrogens is 4. The maximum absolute atomic E-state index is 12.6. The molecule has 8 heteroatoms. The molecule has 1 amide bonds. The monoisotopic (exact) mass is 447 g/mol. The molecule has 2 aromatic heterocycles. The number of nitrogens with one attached hydrogen (secondary N) is 1. The highest BCUT2D eigenvalue weighted by Crippen LogP contribution is 2.35. The van der Waals surface area contributed by atoms with Crippen molar-refractivity contribution in [2.75, 3.05) is 18.2 Å². The minimum Gasteiger partial charge on any atom is -0.497 e. The third kappa shape index (κ3) is 4.14. The summed E-state index contributed by atoms with van der Waals surface area (Å²) in [5.41, 5.74) is 2.49. The van der Waals surface area contributed by atoms with Gasteiger partial charge in [0.15, 0.2) is 10.8 Å². The van der Waals surface area contributed by atoms with E-state index < -0.39 is 0 Å². The zero-order chi connectivity index (χ0) is 21.9. The van der Waals surface area contributed by atoms with Crippen molar-refractivity contribution in [3.63, 3.8) is 0 Å². The van der Waals surface area contributed by atoms with Gasteiger partial charge in [0.1, 0.15) is 11.6 Å². The molecule has 1 aliphatic carbocycles. The zero-order valence-electron chi connectivity index (χ0n) is 18.0. The van der Waals surface area contributed by atoms with Crippen molar-refractivity contribution in [1.82, 2.24) is 19.6 Å². The summed E-state index contributed by atoms with van der Waals surface area (Å²) < 4.78 is 7.24. The van der Waals surface area contributed by atoms with Gasteiger partial charge in [-0.25, -0.2) is 4.98 Å². The van der Waals surface area contributed by atoms with Gasteiger partial charge in [-0.3, -0.25) is 9.20 Å². The Morgan fingerprint density at radius 2 is 1.88 bits per heavy atom. The summed E-state index contributed by atoms with van der Waals surface area (Å²) in [6, 6.07) is 15.4. The molecule has 1 aliphatic rings. The average molecular weight is 448 g/mol. The van der Waals surface area contributed by atoms with Crippen LogP contribution in [-0.2, 0) is 4.79 Å². The van der Waals surface area contributed by atoms with Crippen LogP contribution in [0.5, 0.6) is 5.75 Å². The van der Waals surface area contributed by atoms with E-state index in [1.54, 1.807) is 7.11 Å². The first kappa shape index (κ1) is 20.8. The second-order valence-corrected chi connectivity index (χ2v) is 8.97. The van der Waals surface area contributed by atoms with Crippen molar-refractivity contribution >= 4 is 39.9 Å². The number of ether oxygens (including phenoxy) is 1. The summed E-state index contributed by atoms with van der Waals surface area (Å²) in [5.74, 6) is 2.30. The Morgan fingerprint density at radius 1 is 1.09 bits per heavy atom. The third-order valence-corrected chi connectivity index (χ3v) is 6.85. The van der Waals surface area contributed by atoms with Gasteiger partial charge >= 0.3 is 0 Å². The summed E-state index contributed by atoms with van der Waals surface area (Å²) >= 11 is 1.39. The van der Waals surface area contributed by atoms with E-state index in [9.17, 15) is 4.79 Å². The Balaban J connectivity index is 1.42. The van der Waals surface area contributed by atoms with Crippen molar-refractivity contribution in [3.05, 3.63) is 54.4 Å². The maximum atomic E-state index is 12.6. The number of anilines is 1. The zero-order valence-corrected chi connectivity index (χ0v) is 18.8. The molecule has 0 aliphatic heterocycles. The van der Waals surface area contributed by atoms with Crippen molar-refractivity contribution in [2.24, 2.45) is 0 Å². The fraction of sp³-hybridized carbons (Fsp3) is 0.333. The SMILES string of the molecule is COc1ccc(NC(=O)CSc2nnc3c4ccccc4nc(C4CCCCC4)n23)cc1. The highest BCUT2D eigenvalue weighted by molar-refractivity contribution is 7.99. The van der Waals surface area contributed by atoms with Crippen LogP contribution in [0.25, 0.3) is 16.6 Å². The molecule has 32 heavy (non-hydrogen) atoms. The molecule has 0 radical (unpaired) electrons. The molecule has 0 atom stereocenters. The molecule has 7 nitrogen and oxygen atoms in total. The summed E-state index contributed by atoms with van der Waals surface area (Å²) in [6.45, 7) is 0. The normalized spacial score (nSPS) is 14.7. The lowest BCUT2D eigenvalue weighted by molar-refractivity contribution is -0.113. The molecular weight excluding hydrogens is 422 g/mol. The predicted octanol–water partition coefficient (Wildman–Crippen LogP) is 5.06. The van der Waals surface area contributed by atoms with Crippen LogP contribution in [0.3, 0.4) is 0 Å². The van der Waals surface area contributed by atoms with E-state index in [1.165, 1.54) is 31.0 Å². The summed E-state index contributed by atoms with van der Waals surface area (Å²) in [7, 11) is 1.62. The molecule has 2 aromatic carbocycles. The summed E-state index contributed by atoms with van der Waals surface area (Å²) in [4.78, 5) is 17.6. The molecular formula is C24H25N5O2S. The lowest BCUT2D eigenvalue weighted by Gasteiger charge is -2.22. The lowest BCUT2D eigenvalue weighted by atomic mass is 9.88. The highest BCUT2D eigenvalue weighted by atomic mass is 32.2. The van der Waals surface area contributed by atoms with E-state index in [0.29, 0.717) is 11.1 Å². The van der Waals surface area contributed by atoms with Gasteiger partial charge in [0.05, 0.1) is 18.4 Å². The smallest absolute Gasteiger partial charge is 0.234 e. The fourth-order valence-corrected chi connectivity index (χ4v) is 5.05. The maximum Gasteiger partial charge on any atom is 0.234 e. The minimum atomic E-state index is -0.0927. The Morgan fingerprint density at radius 3 is 2.66 bits per heavy atom. The number of hydrogen-bond donors (Lipinski definition) is 1. The number of para-hydroxylation sites is 1. The lowest BCUT2D eigenvalue weighted by Crippen LogP contribution is -2.15. The number of rotatable bonds is 6. The molecule has 1 saturated carbocycles. The topological polar surface area (TPSA) is 81.4 Å². The fourth-order valence-electron chi connectivity index (χ4n) is 4.31. The number of fused-ring (bicyclic) bond motifs is 3. The molecule has 164 valence electrons. The van der Waals surface area contributed by atoms with Crippen molar-refractivity contribution < 1.29 is 9.53 Å². The minimum absolute atomic E-state index is 0.0927. The van der Waals surface area contributed by atoms with Crippen LogP contribution in [0.1, 0.15) is 43.8 Å². The Kier molecular flexibility index (Phi) is 5.94. The molecule has 1 fully saturated rings. The van der Waals surface area contributed by atoms with Gasteiger partial charge < -0.3 is 10.1 Å². The molecule has 5 rings (SSSR count). The van der Waals surface area contributed by atoms with Gasteiger partial charge in [0, 0.05) is 17.0 Å². The number of benzene rings is 2. The molecule has 0 saturated heterocycles. The van der Waals surface area contributed by atoms with Crippen LogP contribution in [-0.4, -0.2) is 38.4 Å². The predicted molar refractivity (Wildman–Crippen MR) is 126 cm³/mol. The van der Waals surface area contributed by atoms with Gasteiger partial charge in [-0.2, -0.15) is 0 Å². The molecule has 0 spiro atoms. The van der Waals surface area contributed by atoms with Crippen LogP contribution in [0, 0.1) is 0 Å². The third-order valence-electron chi connectivity index (χ3n) is 5.92. The number of hydrogen-bond acceptors (Lipinski definition) is 6. The van der Waals surface area contributed by atoms with Gasteiger partial charge in [-0.15, -0.1) is 10.2 Å². The first-order valence-corrected chi connectivity index (χ1v) is 11.9. The van der Waals surface area contributed by atoms with E-state index in [0.717, 1.165) is 46.7 Å². The van der Waals surface area contributed by atoms with Crippen molar-refractivity contribution in [3.8, 4) is 5.75 Å². The highest BCUT2D eigenvalue weighted by Gasteiger charge is 2.24. The number of carbonyl (C=O) groups is 1. The average Bonchev–Trinajstić information content (AvgIpc) is 3.28. The number of nitrogens with zero attached hydrogens (tertiary/aromatic N) is 4. The summed E-state index contributed by atoms with van der Waals surface area (Å²) in [5, 5.41) is 13.5. The molecule has 0 unspecified atom stereocenters. The van der Waals surface area contributed by atoms with E-state index in [2.05, 4.69) is 19.9 Å².